The first kappa shape index (κ1) is 50.5. The van der Waals surface area contributed by atoms with Crippen LogP contribution in [0.1, 0.15) is 44.5 Å². The smallest absolute Gasteiger partial charge is 0.354 e. The molecule has 6 aliphatic rings. The van der Waals surface area contributed by atoms with Gasteiger partial charge in [0.15, 0.2) is 0 Å². The third-order valence-corrected chi connectivity index (χ3v) is 22.8. The van der Waals surface area contributed by atoms with E-state index in [0.717, 1.165) is 116 Å². The van der Waals surface area contributed by atoms with Crippen molar-refractivity contribution in [1.82, 2.24) is 18.5 Å². The summed E-state index contributed by atoms with van der Waals surface area (Å²) >= 11 is 0. The Kier molecular flexibility index (Phi) is 9.28. The van der Waals surface area contributed by atoms with E-state index in [1.165, 1.54) is 66.7 Å². The maximum Gasteiger partial charge on any atom is 0.354 e. The molecule has 0 fully saturated rings. The minimum Gasteiger partial charge on any atom is -0.456 e. The molecule has 4 aliphatic heterocycles. The van der Waals surface area contributed by atoms with E-state index in [4.69, 9.17) is 4.42 Å². The Balaban J connectivity index is 0.683. The summed E-state index contributed by atoms with van der Waals surface area (Å²) in [5, 5.41) is 5.83. The molecule has 0 N–H and O–H groups in total. The topological polar surface area (TPSA) is 67.0 Å². The van der Waals surface area contributed by atoms with Crippen LogP contribution >= 0.6 is 0 Å². The van der Waals surface area contributed by atoms with Crippen molar-refractivity contribution in [3.8, 4) is 67.0 Å². The Morgan fingerprint density at radius 2 is 0.747 bits per heavy atom. The molecule has 0 amide bonds. The van der Waals surface area contributed by atoms with Crippen molar-refractivity contribution < 1.29 is 4.42 Å². The zero-order chi connectivity index (χ0) is 61.9. The minimum atomic E-state index is -0.699. The fourth-order valence-electron chi connectivity index (χ4n) is 19.2. The molecule has 436 valence electrons. The van der Waals surface area contributed by atoms with Crippen LogP contribution in [0.15, 0.2) is 305 Å². The minimum absolute atomic E-state index is 0.00648. The number of benzene rings is 14. The van der Waals surface area contributed by atoms with Crippen molar-refractivity contribution >= 4 is 90.1 Å². The van der Waals surface area contributed by atoms with E-state index in [0.29, 0.717) is 5.39 Å². The van der Waals surface area contributed by atoms with Gasteiger partial charge in [-0.15, -0.1) is 0 Å². The molecular formula is C86H48B2N4O3. The first-order valence-corrected chi connectivity index (χ1v) is 32.9. The Hall–Kier alpha value is -12.2. The molecule has 3 aromatic heterocycles. The SMILES string of the molecule is O=c1c2c(-c3ccccc3)cccc2n2n1B1c3cc4ccccc4cc3C3(c4ccccc4-c4cc(-c5ccc(-c6cccc7c6c(=O)n6n7-c7cccc8c7B6c6cc7c(cc6C86c8ccccc8-c8ccccc86)oc6ccccc67)cc5)ccc43)c3cccc-2c31. The van der Waals surface area contributed by atoms with Crippen LogP contribution < -0.4 is 33.0 Å². The van der Waals surface area contributed by atoms with Gasteiger partial charge in [0, 0.05) is 10.8 Å². The molecule has 0 bridgehead atoms. The lowest BCUT2D eigenvalue weighted by atomic mass is 9.40. The van der Waals surface area contributed by atoms with Gasteiger partial charge < -0.3 is 4.42 Å². The molecule has 7 heterocycles. The van der Waals surface area contributed by atoms with E-state index < -0.39 is 17.7 Å². The molecule has 14 aromatic carbocycles. The summed E-state index contributed by atoms with van der Waals surface area (Å²) in [5.74, 6) is 0. The summed E-state index contributed by atoms with van der Waals surface area (Å²) in [6, 6.07) is 105. The van der Waals surface area contributed by atoms with Gasteiger partial charge in [-0.25, -0.2) is 0 Å². The summed E-state index contributed by atoms with van der Waals surface area (Å²) in [6.45, 7) is -0.765. The quantitative estimate of drug-likeness (QED) is 0.166. The van der Waals surface area contributed by atoms with E-state index in [9.17, 15) is 0 Å². The van der Waals surface area contributed by atoms with Crippen LogP contribution in [-0.4, -0.2) is 32.2 Å². The molecule has 2 spiro atoms. The summed E-state index contributed by atoms with van der Waals surface area (Å²) in [7, 11) is 0. The maximum absolute atomic E-state index is 16.1. The number of furan rings is 1. The molecule has 17 aromatic rings. The number of hydrogen-bond donors (Lipinski definition) is 0. The summed E-state index contributed by atoms with van der Waals surface area (Å²) in [5.41, 5.74) is 29.2. The normalized spacial score (nSPS) is 15.5. The first-order chi connectivity index (χ1) is 47.0. The molecule has 0 radical (unpaired) electrons. The Morgan fingerprint density at radius 1 is 0.295 bits per heavy atom. The number of fused-ring (bicyclic) bond motifs is 32. The molecule has 0 saturated heterocycles. The summed E-state index contributed by atoms with van der Waals surface area (Å²) in [6.07, 6.45) is 0. The fourth-order valence-corrected chi connectivity index (χ4v) is 19.2. The Labute approximate surface area is 544 Å². The lowest BCUT2D eigenvalue weighted by Crippen LogP contribution is -2.59. The molecular weight excluding hydrogens is 1160 g/mol. The van der Waals surface area contributed by atoms with Crippen molar-refractivity contribution in [2.45, 2.75) is 10.8 Å². The van der Waals surface area contributed by atoms with Crippen molar-refractivity contribution in [3.05, 3.63) is 356 Å². The van der Waals surface area contributed by atoms with Gasteiger partial charge in [-0.2, -0.15) is 0 Å². The molecule has 1 atom stereocenters. The monoisotopic (exact) mass is 1210 g/mol. The standard InChI is InChI=1S/C86H48B2N4O3/c93-83-79-55(50-18-2-1-3-19-50)26-14-33-73(79)89-75-35-17-32-68-81(75)87(91(83)89)71-46-53-21-5-4-20-52(53)45-69(71)86(68)65-30-12-8-24-59(65)61-44-54(42-43-66(61)86)49-38-40-51(41-39-49)56-27-15-34-74-80(56)84(94)92-88-72-47-62-60-25-9-13-37-77(60)95-78(62)48-70(72)85(67-31-16-36-76(82(67)88)90(74)92)63-28-10-6-22-57(63)58-23-7-11-29-64(58)85/h1-48H. The van der Waals surface area contributed by atoms with Gasteiger partial charge in [0.1, 0.15) is 11.2 Å². The van der Waals surface area contributed by atoms with Crippen molar-refractivity contribution in [2.75, 3.05) is 0 Å². The zero-order valence-corrected chi connectivity index (χ0v) is 50.9. The van der Waals surface area contributed by atoms with Crippen molar-refractivity contribution in [1.29, 1.82) is 0 Å². The predicted octanol–water partition coefficient (Wildman–Crippen LogP) is 15.2. The predicted molar refractivity (Wildman–Crippen MR) is 385 cm³/mol. The molecule has 23 rings (SSSR count). The third-order valence-electron chi connectivity index (χ3n) is 22.8. The van der Waals surface area contributed by atoms with Gasteiger partial charge in [0.2, 0.25) is 0 Å². The van der Waals surface area contributed by atoms with Crippen molar-refractivity contribution in [2.24, 2.45) is 0 Å². The highest BCUT2D eigenvalue weighted by Gasteiger charge is 2.58. The molecule has 2 aliphatic carbocycles. The molecule has 0 saturated carbocycles. The molecule has 9 heteroatoms. The third kappa shape index (κ3) is 5.88. The fraction of sp³-hybridized carbons (Fsp3) is 0.0233. The van der Waals surface area contributed by atoms with Crippen LogP contribution in [0.3, 0.4) is 0 Å². The summed E-state index contributed by atoms with van der Waals surface area (Å²) in [4.78, 5) is 31.6. The van der Waals surface area contributed by atoms with Gasteiger partial charge >= 0.3 is 13.7 Å². The average Bonchev–Trinajstić information content (AvgIpc) is 1.52. The number of rotatable bonds is 3. The Bertz CT molecular complexity index is 6520. The average molecular weight is 1210 g/mol. The lowest BCUT2D eigenvalue weighted by Gasteiger charge is -2.41. The highest BCUT2D eigenvalue weighted by Crippen LogP contribution is 2.60. The van der Waals surface area contributed by atoms with E-state index in [-0.39, 0.29) is 18.0 Å². The van der Waals surface area contributed by atoms with Crippen LogP contribution in [0.2, 0.25) is 0 Å². The summed E-state index contributed by atoms with van der Waals surface area (Å²) < 4.78 is 15.3. The largest absolute Gasteiger partial charge is 0.456 e. The van der Waals surface area contributed by atoms with Crippen LogP contribution in [0.5, 0.6) is 0 Å². The lowest BCUT2D eigenvalue weighted by molar-refractivity contribution is 0.666. The van der Waals surface area contributed by atoms with Gasteiger partial charge in [-0.1, -0.05) is 249 Å². The number of hydrogen-bond acceptors (Lipinski definition) is 3. The second-order valence-electron chi connectivity index (χ2n) is 26.8. The van der Waals surface area contributed by atoms with Gasteiger partial charge in [-0.05, 0) is 175 Å². The first-order valence-electron chi connectivity index (χ1n) is 32.9. The highest BCUT2D eigenvalue weighted by molar-refractivity contribution is 6.88. The molecule has 95 heavy (non-hydrogen) atoms. The second-order valence-corrected chi connectivity index (χ2v) is 26.8. The number of nitrogens with zero attached hydrogens (tertiary/aromatic N) is 4. The van der Waals surface area contributed by atoms with E-state index >= 15 is 9.59 Å². The maximum atomic E-state index is 16.1. The van der Waals surface area contributed by atoms with Crippen LogP contribution in [0, 0.1) is 0 Å². The van der Waals surface area contributed by atoms with E-state index in [1.54, 1.807) is 0 Å². The van der Waals surface area contributed by atoms with Crippen molar-refractivity contribution in [3.63, 3.8) is 0 Å². The van der Waals surface area contributed by atoms with E-state index in [2.05, 4.69) is 281 Å². The van der Waals surface area contributed by atoms with Gasteiger partial charge in [-0.3, -0.25) is 28.1 Å². The van der Waals surface area contributed by atoms with Crippen LogP contribution in [0.25, 0.3) is 122 Å². The zero-order valence-electron chi connectivity index (χ0n) is 50.9. The molecule has 7 nitrogen and oxygen atoms in total. The second kappa shape index (κ2) is 17.5. The number of para-hydroxylation sites is 1. The van der Waals surface area contributed by atoms with Crippen LogP contribution in [0.4, 0.5) is 0 Å². The number of aromatic nitrogens is 4. The van der Waals surface area contributed by atoms with Gasteiger partial charge in [0.05, 0.1) is 44.0 Å². The van der Waals surface area contributed by atoms with Crippen LogP contribution in [-0.2, 0) is 10.8 Å². The Morgan fingerprint density at radius 3 is 1.37 bits per heavy atom. The van der Waals surface area contributed by atoms with E-state index in [1.807, 2.05) is 28.9 Å². The van der Waals surface area contributed by atoms with Gasteiger partial charge in [0.25, 0.3) is 11.1 Å². The molecule has 1 unspecified atom stereocenters. The highest BCUT2D eigenvalue weighted by atomic mass is 16.3.